The smallest absolute Gasteiger partial charge is 0.388 e. The fourth-order valence-corrected chi connectivity index (χ4v) is 3.83. The minimum atomic E-state index is -0.586. The molecule has 4 aromatic rings. The minimum absolute atomic E-state index is 0.0160. The largest absolute Gasteiger partial charge is 0.438 e. The molecule has 1 atom stereocenters. The predicted octanol–water partition coefficient (Wildman–Crippen LogP) is 3.67. The highest BCUT2D eigenvalue weighted by atomic mass is 19.1. The van der Waals surface area contributed by atoms with Gasteiger partial charge in [0.15, 0.2) is 0 Å². The number of halogens is 2. The van der Waals surface area contributed by atoms with Crippen molar-refractivity contribution in [1.29, 1.82) is 0 Å². The standard InChI is InChI=1S/C22H19F2N5O3/c23-17-8-6-14(7-9-17)21-26-29(22(30)31-21)13-28-10-2-4-16(12-28)20-25-19(27-32-20)15-3-1-5-18(24)11-15/h1,3,5-9,11,16H,2,4,10,12-13H2. The van der Waals surface area contributed by atoms with Crippen LogP contribution in [0.3, 0.4) is 0 Å². The summed E-state index contributed by atoms with van der Waals surface area (Å²) in [5.74, 6) is -0.385. The van der Waals surface area contributed by atoms with E-state index in [2.05, 4.69) is 20.1 Å². The molecule has 0 N–H and O–H groups in total. The van der Waals surface area contributed by atoms with Crippen molar-refractivity contribution >= 4 is 0 Å². The van der Waals surface area contributed by atoms with Crippen LogP contribution in [0.2, 0.25) is 0 Å². The lowest BCUT2D eigenvalue weighted by Crippen LogP contribution is -2.38. The van der Waals surface area contributed by atoms with Gasteiger partial charge < -0.3 is 8.94 Å². The predicted molar refractivity (Wildman–Crippen MR) is 109 cm³/mol. The Balaban J connectivity index is 1.29. The van der Waals surface area contributed by atoms with E-state index in [1.807, 2.05) is 0 Å². The molecule has 8 nitrogen and oxygen atoms in total. The molecule has 2 aromatic heterocycles. The molecule has 0 aliphatic carbocycles. The van der Waals surface area contributed by atoms with E-state index in [0.29, 0.717) is 29.4 Å². The van der Waals surface area contributed by atoms with Crippen LogP contribution in [0.1, 0.15) is 24.7 Å². The van der Waals surface area contributed by atoms with E-state index in [4.69, 9.17) is 8.94 Å². The monoisotopic (exact) mass is 439 g/mol. The summed E-state index contributed by atoms with van der Waals surface area (Å²) in [4.78, 5) is 18.8. The van der Waals surface area contributed by atoms with Crippen molar-refractivity contribution in [3.8, 4) is 22.8 Å². The summed E-state index contributed by atoms with van der Waals surface area (Å²) in [6.45, 7) is 1.60. The zero-order chi connectivity index (χ0) is 22.1. The highest BCUT2D eigenvalue weighted by Gasteiger charge is 2.27. The fourth-order valence-electron chi connectivity index (χ4n) is 3.83. The Hall–Kier alpha value is -3.66. The maximum Gasteiger partial charge on any atom is 0.438 e. The molecule has 3 heterocycles. The lowest BCUT2D eigenvalue weighted by atomic mass is 9.98. The third kappa shape index (κ3) is 4.22. The first-order chi connectivity index (χ1) is 15.5. The summed E-state index contributed by atoms with van der Waals surface area (Å²) < 4.78 is 38.5. The van der Waals surface area contributed by atoms with Crippen LogP contribution < -0.4 is 5.76 Å². The van der Waals surface area contributed by atoms with Crippen LogP contribution in [0.5, 0.6) is 0 Å². The molecule has 10 heteroatoms. The maximum atomic E-state index is 13.5. The Kier molecular flexibility index (Phi) is 5.36. The average Bonchev–Trinajstić information content (AvgIpc) is 3.42. The van der Waals surface area contributed by atoms with E-state index in [1.165, 1.54) is 41.1 Å². The first-order valence-corrected chi connectivity index (χ1v) is 10.2. The first kappa shape index (κ1) is 20.3. The number of piperidine rings is 1. The van der Waals surface area contributed by atoms with Gasteiger partial charge in [0.05, 0.1) is 5.92 Å². The molecule has 0 spiro atoms. The third-order valence-electron chi connectivity index (χ3n) is 5.41. The summed E-state index contributed by atoms with van der Waals surface area (Å²) >= 11 is 0. The normalized spacial score (nSPS) is 17.0. The first-order valence-electron chi connectivity index (χ1n) is 10.2. The molecule has 0 saturated carbocycles. The van der Waals surface area contributed by atoms with Gasteiger partial charge in [-0.2, -0.15) is 9.67 Å². The second kappa shape index (κ2) is 8.46. The SMILES string of the molecule is O=c1oc(-c2ccc(F)cc2)nn1CN1CCCC(c2nc(-c3cccc(F)c3)no2)C1. The van der Waals surface area contributed by atoms with Crippen LogP contribution >= 0.6 is 0 Å². The minimum Gasteiger partial charge on any atom is -0.388 e. The van der Waals surface area contributed by atoms with Crippen molar-refractivity contribution in [2.24, 2.45) is 0 Å². The molecule has 5 rings (SSSR count). The van der Waals surface area contributed by atoms with E-state index in [-0.39, 0.29) is 30.1 Å². The van der Waals surface area contributed by atoms with Crippen molar-refractivity contribution < 1.29 is 17.7 Å². The van der Waals surface area contributed by atoms with E-state index < -0.39 is 5.76 Å². The van der Waals surface area contributed by atoms with Gasteiger partial charge in [-0.15, -0.1) is 5.10 Å². The molecule has 0 bridgehead atoms. The average molecular weight is 439 g/mol. The number of hydrogen-bond donors (Lipinski definition) is 0. The van der Waals surface area contributed by atoms with Crippen LogP contribution in [-0.2, 0) is 6.67 Å². The Labute approximate surface area is 181 Å². The number of rotatable bonds is 5. The Morgan fingerprint density at radius 2 is 1.91 bits per heavy atom. The van der Waals surface area contributed by atoms with E-state index in [0.717, 1.165) is 19.4 Å². The molecule has 32 heavy (non-hydrogen) atoms. The van der Waals surface area contributed by atoms with Crippen LogP contribution in [0.4, 0.5) is 8.78 Å². The van der Waals surface area contributed by atoms with Crippen LogP contribution in [0.25, 0.3) is 22.8 Å². The number of benzene rings is 2. The van der Waals surface area contributed by atoms with Crippen molar-refractivity contribution in [1.82, 2.24) is 24.8 Å². The van der Waals surface area contributed by atoms with Gasteiger partial charge in [-0.3, -0.25) is 4.90 Å². The molecular weight excluding hydrogens is 420 g/mol. The molecule has 1 saturated heterocycles. The quantitative estimate of drug-likeness (QED) is 0.469. The number of hydrogen-bond acceptors (Lipinski definition) is 7. The lowest BCUT2D eigenvalue weighted by molar-refractivity contribution is 0.140. The molecule has 2 aromatic carbocycles. The van der Waals surface area contributed by atoms with E-state index in [9.17, 15) is 13.6 Å². The highest BCUT2D eigenvalue weighted by molar-refractivity contribution is 5.54. The Bertz CT molecular complexity index is 1280. The highest BCUT2D eigenvalue weighted by Crippen LogP contribution is 2.28. The number of likely N-dealkylation sites (tertiary alicyclic amines) is 1. The second-order valence-electron chi connectivity index (χ2n) is 7.70. The van der Waals surface area contributed by atoms with Crippen molar-refractivity contribution in [3.63, 3.8) is 0 Å². The molecule has 0 amide bonds. The summed E-state index contributed by atoms with van der Waals surface area (Å²) in [6.07, 6.45) is 1.73. The zero-order valence-corrected chi connectivity index (χ0v) is 16.9. The zero-order valence-electron chi connectivity index (χ0n) is 16.9. The van der Waals surface area contributed by atoms with Crippen LogP contribution in [0, 0.1) is 11.6 Å². The van der Waals surface area contributed by atoms with E-state index >= 15 is 0 Å². The molecule has 1 aliphatic heterocycles. The van der Waals surface area contributed by atoms with Gasteiger partial charge in [0.2, 0.25) is 17.6 Å². The van der Waals surface area contributed by atoms with Crippen LogP contribution in [0.15, 0.2) is 62.3 Å². The van der Waals surface area contributed by atoms with Gasteiger partial charge >= 0.3 is 5.76 Å². The van der Waals surface area contributed by atoms with Gasteiger partial charge in [-0.1, -0.05) is 17.3 Å². The maximum absolute atomic E-state index is 13.5. The molecule has 0 radical (unpaired) electrons. The summed E-state index contributed by atoms with van der Waals surface area (Å²) in [6, 6.07) is 11.6. The van der Waals surface area contributed by atoms with Gasteiger partial charge in [-0.05, 0) is 55.8 Å². The molecule has 1 fully saturated rings. The Morgan fingerprint density at radius 1 is 1.06 bits per heavy atom. The third-order valence-corrected chi connectivity index (χ3v) is 5.41. The second-order valence-corrected chi connectivity index (χ2v) is 7.70. The molecular formula is C22H19F2N5O3. The van der Waals surface area contributed by atoms with Gasteiger partial charge in [-0.25, -0.2) is 13.6 Å². The molecule has 1 unspecified atom stereocenters. The van der Waals surface area contributed by atoms with Crippen LogP contribution in [-0.4, -0.2) is 37.9 Å². The Morgan fingerprint density at radius 3 is 2.72 bits per heavy atom. The molecule has 164 valence electrons. The number of nitrogens with zero attached hydrogens (tertiary/aromatic N) is 5. The lowest BCUT2D eigenvalue weighted by Gasteiger charge is -2.30. The summed E-state index contributed by atoms with van der Waals surface area (Å²) in [5.41, 5.74) is 1.07. The van der Waals surface area contributed by atoms with Gasteiger partial charge in [0, 0.05) is 17.7 Å². The van der Waals surface area contributed by atoms with E-state index in [1.54, 1.807) is 12.1 Å². The van der Waals surface area contributed by atoms with Crippen molar-refractivity contribution in [2.45, 2.75) is 25.4 Å². The fraction of sp³-hybridized carbons (Fsp3) is 0.273. The van der Waals surface area contributed by atoms with Gasteiger partial charge in [0.25, 0.3) is 0 Å². The summed E-state index contributed by atoms with van der Waals surface area (Å²) in [5, 5.41) is 8.23. The topological polar surface area (TPSA) is 90.2 Å². The van der Waals surface area contributed by atoms with Gasteiger partial charge in [0.1, 0.15) is 18.3 Å². The van der Waals surface area contributed by atoms with Crippen molar-refractivity contribution in [2.75, 3.05) is 13.1 Å². The van der Waals surface area contributed by atoms with Crippen molar-refractivity contribution in [3.05, 3.63) is 76.6 Å². The molecule has 1 aliphatic rings. The summed E-state index contributed by atoms with van der Waals surface area (Å²) in [7, 11) is 0. The number of aromatic nitrogens is 4.